The Hall–Kier alpha value is -2.72. The monoisotopic (exact) mass is 477 g/mol. The van der Waals surface area contributed by atoms with E-state index in [1.54, 1.807) is 13.0 Å². The lowest BCUT2D eigenvalue weighted by Gasteiger charge is -2.17. The molecule has 0 aromatic heterocycles. The van der Waals surface area contributed by atoms with Gasteiger partial charge in [-0.05, 0) is 55.3 Å². The lowest BCUT2D eigenvalue weighted by Crippen LogP contribution is -2.26. The number of rotatable bonds is 6. The number of amidine groups is 1. The van der Waals surface area contributed by atoms with Crippen molar-refractivity contribution in [2.45, 2.75) is 42.4 Å². The Labute approximate surface area is 189 Å². The van der Waals surface area contributed by atoms with Crippen LogP contribution in [0.15, 0.2) is 62.7 Å². The Kier molecular flexibility index (Phi) is 7.35. The van der Waals surface area contributed by atoms with Crippen LogP contribution in [-0.2, 0) is 19.9 Å². The van der Waals surface area contributed by atoms with Crippen molar-refractivity contribution in [3.8, 4) is 0 Å². The van der Waals surface area contributed by atoms with Gasteiger partial charge in [0, 0.05) is 31.3 Å². The Morgan fingerprint density at radius 3 is 2.41 bits per heavy atom. The number of anilines is 1. The molecule has 0 saturated carbocycles. The van der Waals surface area contributed by atoms with Gasteiger partial charge in [-0.25, -0.2) is 8.42 Å². The molecule has 0 radical (unpaired) electrons. The van der Waals surface area contributed by atoms with Gasteiger partial charge in [0.05, 0.1) is 15.5 Å². The van der Waals surface area contributed by atoms with Gasteiger partial charge >= 0.3 is 0 Å². The van der Waals surface area contributed by atoms with Gasteiger partial charge in [-0.2, -0.15) is 8.42 Å². The smallest absolute Gasteiger partial charge is 0.284 e. The summed E-state index contributed by atoms with van der Waals surface area (Å²) in [7, 11) is -5.44. The third kappa shape index (κ3) is 5.74. The lowest BCUT2D eigenvalue weighted by atomic mass is 10.2. The second-order valence-corrected chi connectivity index (χ2v) is 11.5. The predicted molar refractivity (Wildman–Crippen MR) is 124 cm³/mol. The second kappa shape index (κ2) is 9.83. The highest BCUT2D eigenvalue weighted by Crippen LogP contribution is 2.21. The summed E-state index contributed by atoms with van der Waals surface area (Å²) >= 11 is 0. The molecule has 32 heavy (non-hydrogen) atoms. The molecule has 1 aliphatic rings. The number of sulfone groups is 1. The highest BCUT2D eigenvalue weighted by Gasteiger charge is 2.19. The van der Waals surface area contributed by atoms with Gasteiger partial charge in [0.2, 0.25) is 0 Å². The van der Waals surface area contributed by atoms with Gasteiger partial charge in [-0.1, -0.05) is 19.4 Å². The first-order chi connectivity index (χ1) is 15.1. The van der Waals surface area contributed by atoms with Crippen LogP contribution in [0.4, 0.5) is 5.69 Å². The minimum atomic E-state index is -3.93. The first-order valence-electron chi connectivity index (χ1n) is 10.4. The van der Waals surface area contributed by atoms with E-state index in [0.29, 0.717) is 17.9 Å². The molecule has 1 N–H and O–H groups in total. The number of nitrogens with zero attached hydrogens (tertiary/aromatic N) is 2. The molecule has 1 fully saturated rings. The molecule has 0 unspecified atom stereocenters. The topological polar surface area (TPSA) is 113 Å². The van der Waals surface area contributed by atoms with Crippen molar-refractivity contribution >= 4 is 37.3 Å². The van der Waals surface area contributed by atoms with E-state index >= 15 is 0 Å². The molecule has 0 spiro atoms. The van der Waals surface area contributed by atoms with Crippen LogP contribution in [0.1, 0.15) is 43.0 Å². The summed E-state index contributed by atoms with van der Waals surface area (Å²) in [4.78, 5) is 14.6. The fraction of sp³-hybridized carbons (Fsp3) is 0.364. The number of likely N-dealkylation sites (tertiary alicyclic amines) is 1. The molecule has 10 heteroatoms. The Bertz CT molecular complexity index is 1220. The number of carbonyl (C=O) groups excluding carboxylic acids is 1. The molecule has 1 aliphatic heterocycles. The molecule has 0 bridgehead atoms. The number of carbonyl (C=O) groups is 1. The zero-order valence-electron chi connectivity index (χ0n) is 18.1. The van der Waals surface area contributed by atoms with Crippen LogP contribution in [0, 0.1) is 0 Å². The number of hydrogen-bond acceptors (Lipinski definition) is 5. The molecule has 172 valence electrons. The quantitative estimate of drug-likeness (QED) is 0.683. The van der Waals surface area contributed by atoms with Crippen LogP contribution in [0.5, 0.6) is 0 Å². The van der Waals surface area contributed by atoms with E-state index in [2.05, 4.69) is 9.71 Å². The molecular formula is C22H27N3O5S2. The highest BCUT2D eigenvalue weighted by atomic mass is 32.2. The van der Waals surface area contributed by atoms with E-state index in [9.17, 15) is 21.6 Å². The van der Waals surface area contributed by atoms with Gasteiger partial charge in [0.1, 0.15) is 5.84 Å². The van der Waals surface area contributed by atoms with Crippen molar-refractivity contribution in [2.75, 3.05) is 24.7 Å². The fourth-order valence-corrected chi connectivity index (χ4v) is 5.38. The maximum absolute atomic E-state index is 12.8. The van der Waals surface area contributed by atoms with Crippen molar-refractivity contribution < 1.29 is 21.6 Å². The summed E-state index contributed by atoms with van der Waals surface area (Å²) < 4.78 is 53.6. The Morgan fingerprint density at radius 2 is 1.72 bits per heavy atom. The van der Waals surface area contributed by atoms with Crippen molar-refractivity contribution in [2.24, 2.45) is 4.40 Å². The number of sulfonamides is 1. The van der Waals surface area contributed by atoms with Crippen LogP contribution in [0.2, 0.25) is 0 Å². The van der Waals surface area contributed by atoms with E-state index in [4.69, 9.17) is 0 Å². The largest absolute Gasteiger partial charge is 0.362 e. The summed E-state index contributed by atoms with van der Waals surface area (Å²) in [6, 6.07) is 11.5. The first kappa shape index (κ1) is 23.9. The number of benzene rings is 2. The molecule has 0 aliphatic carbocycles. The van der Waals surface area contributed by atoms with E-state index in [1.165, 1.54) is 42.5 Å². The molecule has 2 aromatic rings. The van der Waals surface area contributed by atoms with Gasteiger partial charge < -0.3 is 10.2 Å². The summed E-state index contributed by atoms with van der Waals surface area (Å²) in [5.74, 6) is 0.0358. The number of amides is 1. The van der Waals surface area contributed by atoms with E-state index in [0.717, 1.165) is 25.8 Å². The summed E-state index contributed by atoms with van der Waals surface area (Å²) in [5, 5.41) is 2.65. The van der Waals surface area contributed by atoms with Crippen LogP contribution < -0.4 is 5.32 Å². The maximum atomic E-state index is 12.8. The average molecular weight is 478 g/mol. The van der Waals surface area contributed by atoms with Crippen molar-refractivity contribution in [3.63, 3.8) is 0 Å². The average Bonchev–Trinajstić information content (AvgIpc) is 2.97. The molecule has 0 atom stereocenters. The van der Waals surface area contributed by atoms with Gasteiger partial charge in [0.15, 0.2) is 9.84 Å². The molecule has 1 heterocycles. The zero-order chi connectivity index (χ0) is 23.4. The number of nitrogens with one attached hydrogen (secondary N) is 1. The standard InChI is InChI=1S/C22H27N3O5S2/c1-3-31(27,28)19-13-11-17(12-14-19)22(26)23-18-8-7-9-20(16-18)32(29,30)24-21-10-5-4-6-15-25(21)2/h7-9,11-14,16H,3-6,10,15H2,1-2H3,(H,23,26)/b24-21-. The molecule has 1 saturated heterocycles. The van der Waals surface area contributed by atoms with Crippen LogP contribution in [0.3, 0.4) is 0 Å². The SMILES string of the molecule is CCS(=O)(=O)c1ccc(C(=O)Nc2cccc(S(=O)(=O)/N=C3/CCCCCN3C)c2)cc1. The molecule has 2 aromatic carbocycles. The summed E-state index contributed by atoms with van der Waals surface area (Å²) in [5.41, 5.74) is 0.560. The molecule has 1 amide bonds. The fourth-order valence-electron chi connectivity index (χ4n) is 3.35. The third-order valence-electron chi connectivity index (χ3n) is 5.31. The van der Waals surface area contributed by atoms with Crippen LogP contribution in [0.25, 0.3) is 0 Å². The van der Waals surface area contributed by atoms with Crippen LogP contribution in [-0.4, -0.2) is 52.8 Å². The van der Waals surface area contributed by atoms with E-state index in [-0.39, 0.29) is 21.1 Å². The normalized spacial score (nSPS) is 16.6. The number of hydrogen-bond donors (Lipinski definition) is 1. The van der Waals surface area contributed by atoms with E-state index in [1.807, 2.05) is 11.9 Å². The highest BCUT2D eigenvalue weighted by molar-refractivity contribution is 7.91. The second-order valence-electron chi connectivity index (χ2n) is 7.62. The van der Waals surface area contributed by atoms with Gasteiger partial charge in [-0.3, -0.25) is 4.79 Å². The molecule has 3 rings (SSSR count). The van der Waals surface area contributed by atoms with Crippen molar-refractivity contribution in [3.05, 3.63) is 54.1 Å². The summed E-state index contributed by atoms with van der Waals surface area (Å²) in [6.45, 7) is 2.32. The summed E-state index contributed by atoms with van der Waals surface area (Å²) in [6.07, 6.45) is 3.54. The molecular weight excluding hydrogens is 450 g/mol. The third-order valence-corrected chi connectivity index (χ3v) is 8.36. The lowest BCUT2D eigenvalue weighted by molar-refractivity contribution is 0.102. The van der Waals surface area contributed by atoms with Gasteiger partial charge in [-0.15, -0.1) is 4.40 Å². The minimum Gasteiger partial charge on any atom is -0.362 e. The minimum absolute atomic E-state index is 0.00941. The Morgan fingerprint density at radius 1 is 1.00 bits per heavy atom. The van der Waals surface area contributed by atoms with Crippen molar-refractivity contribution in [1.29, 1.82) is 0 Å². The van der Waals surface area contributed by atoms with E-state index < -0.39 is 25.8 Å². The Balaban J connectivity index is 1.79. The first-order valence-corrected chi connectivity index (χ1v) is 13.5. The van der Waals surface area contributed by atoms with Crippen molar-refractivity contribution in [1.82, 2.24) is 4.90 Å². The van der Waals surface area contributed by atoms with Gasteiger partial charge in [0.25, 0.3) is 15.9 Å². The zero-order valence-corrected chi connectivity index (χ0v) is 19.7. The van der Waals surface area contributed by atoms with Crippen LogP contribution >= 0.6 is 0 Å². The maximum Gasteiger partial charge on any atom is 0.284 e. The molecule has 8 nitrogen and oxygen atoms in total. The predicted octanol–water partition coefficient (Wildman–Crippen LogP) is 3.33.